The van der Waals surface area contributed by atoms with E-state index in [1.165, 1.54) is 14.2 Å². The number of aliphatic carboxylic acids is 1. The van der Waals surface area contributed by atoms with Crippen molar-refractivity contribution >= 4 is 29.6 Å². The summed E-state index contributed by atoms with van der Waals surface area (Å²) < 4.78 is 17.4. The van der Waals surface area contributed by atoms with Crippen LogP contribution in [-0.4, -0.2) is 153 Å². The summed E-state index contributed by atoms with van der Waals surface area (Å²) in [4.78, 5) is 77.8. The lowest BCUT2D eigenvalue weighted by Crippen LogP contribution is -2.59. The number of carbonyl (C=O) groups excluding carboxylic acids is 4. The summed E-state index contributed by atoms with van der Waals surface area (Å²) in [5.74, 6) is 1.40. The predicted octanol–water partition coefficient (Wildman–Crippen LogP) is 2.64. The quantitative estimate of drug-likeness (QED) is 0.0575. The van der Waals surface area contributed by atoms with Crippen molar-refractivity contribution in [1.82, 2.24) is 25.3 Å². The van der Waals surface area contributed by atoms with Crippen molar-refractivity contribution in [3.05, 3.63) is 48.0 Å². The van der Waals surface area contributed by atoms with Gasteiger partial charge in [-0.1, -0.05) is 83.5 Å². The molecule has 9 atom stereocenters. The molecule has 2 rings (SSSR count). The fourth-order valence-electron chi connectivity index (χ4n) is 7.97. The summed E-state index contributed by atoms with van der Waals surface area (Å²) in [6, 6.07) is 5.35. The van der Waals surface area contributed by atoms with E-state index in [0.717, 1.165) is 5.56 Å². The number of likely N-dealkylation sites (tertiary alicyclic amines) is 1. The molecule has 1 fully saturated rings. The molecule has 16 nitrogen and oxygen atoms in total. The molecule has 1 aliphatic rings. The topological polar surface area (TPSA) is 202 Å². The van der Waals surface area contributed by atoms with E-state index < -0.39 is 60.2 Å². The third-order valence-corrected chi connectivity index (χ3v) is 11.5. The average molecular weight is 833 g/mol. The van der Waals surface area contributed by atoms with Crippen molar-refractivity contribution in [2.45, 2.75) is 116 Å². The Balaban J connectivity index is 2.25. The van der Waals surface area contributed by atoms with Gasteiger partial charge in [-0.25, -0.2) is 10.7 Å². The highest BCUT2D eigenvalue weighted by Crippen LogP contribution is 2.30. The largest absolute Gasteiger partial charge is 0.480 e. The zero-order valence-electron chi connectivity index (χ0n) is 37.0. The Morgan fingerprint density at radius 2 is 1.64 bits per heavy atom. The number of nitrogens with two attached hydrogens (primary N) is 1. The van der Waals surface area contributed by atoms with E-state index in [1.54, 1.807) is 49.9 Å². The van der Waals surface area contributed by atoms with Crippen LogP contribution in [0.25, 0.3) is 0 Å². The van der Waals surface area contributed by atoms with Crippen molar-refractivity contribution in [1.29, 1.82) is 0 Å². The maximum Gasteiger partial charge on any atom is 0.326 e. The van der Waals surface area contributed by atoms with Crippen LogP contribution in [0, 0.1) is 17.8 Å². The highest BCUT2D eigenvalue weighted by molar-refractivity contribution is 5.91. The number of hydrogen-bond acceptors (Lipinski definition) is 11. The van der Waals surface area contributed by atoms with Crippen molar-refractivity contribution in [2.24, 2.45) is 23.7 Å². The molecule has 0 bridgehead atoms. The van der Waals surface area contributed by atoms with Gasteiger partial charge in [-0.15, -0.1) is 0 Å². The summed E-state index contributed by atoms with van der Waals surface area (Å²) in [6.45, 7) is 17.0. The molecule has 5 N–H and O–H groups in total. The molecule has 16 heteroatoms. The first-order valence-corrected chi connectivity index (χ1v) is 20.7. The lowest BCUT2D eigenvalue weighted by atomic mass is 9.89. The standard InChI is InChI=1S/C43H72N6O10/c1-12-29(6)38(48(9)42(53)36(27(2)3)46-41(52)37(28(4)5)47(8)21-22-58-23-24-59-44)34(56-10)26-35(50)49-20-16-19-33(49)39(57-11)30(7)40(51)45-32(43(54)55)25-31-17-14-13-15-18-31/h13-15,17-18,27,29-30,32-34,36-39H,4,12,16,19-26,44H2,1-3,5-11H3,(H,45,51)(H,46,52)(H,54,55). The van der Waals surface area contributed by atoms with Crippen LogP contribution in [0.3, 0.4) is 0 Å². The summed E-state index contributed by atoms with van der Waals surface area (Å²) in [7, 11) is 6.48. The number of carboxylic acid groups (broad SMARTS) is 1. The van der Waals surface area contributed by atoms with Crippen molar-refractivity contribution in [3.8, 4) is 0 Å². The molecule has 0 aliphatic carbocycles. The van der Waals surface area contributed by atoms with Gasteiger partial charge in [0.05, 0.1) is 56.5 Å². The van der Waals surface area contributed by atoms with Crippen LogP contribution in [0.4, 0.5) is 0 Å². The second kappa shape index (κ2) is 25.6. The normalized spacial score (nSPS) is 18.3. The lowest BCUT2D eigenvalue weighted by molar-refractivity contribution is -0.148. The molecule has 1 heterocycles. The first-order valence-electron chi connectivity index (χ1n) is 20.7. The second-order valence-electron chi connectivity index (χ2n) is 16.1. The molecule has 1 aromatic rings. The van der Waals surface area contributed by atoms with Crippen LogP contribution in [0.2, 0.25) is 0 Å². The molecular weight excluding hydrogens is 761 g/mol. The number of nitrogens with one attached hydrogen (secondary N) is 2. The van der Waals surface area contributed by atoms with E-state index >= 15 is 0 Å². The van der Waals surface area contributed by atoms with Crippen molar-refractivity contribution in [3.63, 3.8) is 0 Å². The Hall–Kier alpha value is -3.93. The average Bonchev–Trinajstić information content (AvgIpc) is 3.68. The van der Waals surface area contributed by atoms with Gasteiger partial charge in [0.15, 0.2) is 0 Å². The van der Waals surface area contributed by atoms with E-state index in [2.05, 4.69) is 22.1 Å². The predicted molar refractivity (Wildman–Crippen MR) is 225 cm³/mol. The smallest absolute Gasteiger partial charge is 0.326 e. The number of ether oxygens (including phenoxy) is 3. The van der Waals surface area contributed by atoms with Gasteiger partial charge in [0.2, 0.25) is 23.6 Å². The Labute approximate surface area is 351 Å². The Bertz CT molecular complexity index is 1500. The van der Waals surface area contributed by atoms with E-state index in [-0.39, 0.29) is 49.0 Å². The van der Waals surface area contributed by atoms with Gasteiger partial charge in [0.1, 0.15) is 18.1 Å². The number of hydrogen-bond donors (Lipinski definition) is 4. The highest BCUT2D eigenvalue weighted by atomic mass is 16.6. The van der Waals surface area contributed by atoms with Gasteiger partial charge in [-0.3, -0.25) is 24.1 Å². The van der Waals surface area contributed by atoms with Gasteiger partial charge in [-0.05, 0) is 44.2 Å². The first-order chi connectivity index (χ1) is 27.9. The molecule has 0 radical (unpaired) electrons. The number of carbonyl (C=O) groups is 5. The monoisotopic (exact) mass is 833 g/mol. The second-order valence-corrected chi connectivity index (χ2v) is 16.1. The molecule has 334 valence electrons. The highest BCUT2D eigenvalue weighted by Gasteiger charge is 2.43. The van der Waals surface area contributed by atoms with Crippen LogP contribution in [-0.2, 0) is 49.4 Å². The Kier molecular flexibility index (Phi) is 22.3. The molecule has 1 saturated heterocycles. The number of methoxy groups -OCH3 is 2. The van der Waals surface area contributed by atoms with Crippen LogP contribution in [0.1, 0.15) is 72.8 Å². The zero-order valence-corrected chi connectivity index (χ0v) is 37.0. The summed E-state index contributed by atoms with van der Waals surface area (Å²) in [6.07, 6.45) is 0.620. The number of likely N-dealkylation sites (N-methyl/N-ethyl adjacent to an activating group) is 2. The third kappa shape index (κ3) is 14.9. The molecule has 59 heavy (non-hydrogen) atoms. The van der Waals surface area contributed by atoms with Crippen LogP contribution >= 0.6 is 0 Å². The van der Waals surface area contributed by atoms with Crippen molar-refractivity contribution in [2.75, 3.05) is 61.2 Å². The number of amides is 4. The number of rotatable bonds is 27. The molecule has 0 aromatic heterocycles. The minimum Gasteiger partial charge on any atom is -0.480 e. The molecule has 1 aliphatic heterocycles. The minimum atomic E-state index is -1.15. The van der Waals surface area contributed by atoms with Gasteiger partial charge >= 0.3 is 5.97 Å². The molecule has 0 saturated carbocycles. The number of benzene rings is 1. The Morgan fingerprint density at radius 1 is 0.983 bits per heavy atom. The fourth-order valence-corrected chi connectivity index (χ4v) is 7.97. The molecule has 0 spiro atoms. The SMILES string of the molecule is C=C(C)C(C(=O)NC(C(=O)N(C)C(C(C)CC)C(CC(=O)N1CCCC1C(OC)C(C)C(=O)NC(Cc1ccccc1)C(=O)O)OC)C(C)C)N(C)CCOCCON. The number of carboxylic acids is 1. The van der Waals surface area contributed by atoms with Gasteiger partial charge in [-0.2, -0.15) is 0 Å². The summed E-state index contributed by atoms with van der Waals surface area (Å²) >= 11 is 0. The third-order valence-electron chi connectivity index (χ3n) is 11.5. The lowest BCUT2D eigenvalue weighted by Gasteiger charge is -2.41. The van der Waals surface area contributed by atoms with Gasteiger partial charge < -0.3 is 44.6 Å². The number of nitrogens with zero attached hydrogens (tertiary/aromatic N) is 3. The Morgan fingerprint density at radius 3 is 2.19 bits per heavy atom. The maximum atomic E-state index is 14.4. The van der Waals surface area contributed by atoms with E-state index in [4.69, 9.17) is 20.1 Å². The fraction of sp³-hybridized carbons (Fsp3) is 0.698. The molecule has 1 aromatic carbocycles. The van der Waals surface area contributed by atoms with Crippen LogP contribution < -0.4 is 16.5 Å². The molecule has 4 amide bonds. The zero-order chi connectivity index (χ0) is 44.4. The van der Waals surface area contributed by atoms with Gasteiger partial charge in [0.25, 0.3) is 0 Å². The van der Waals surface area contributed by atoms with Crippen molar-refractivity contribution < 1.29 is 48.1 Å². The molecule has 9 unspecified atom stereocenters. The van der Waals surface area contributed by atoms with Crippen LogP contribution in [0.5, 0.6) is 0 Å². The van der Waals surface area contributed by atoms with Crippen LogP contribution in [0.15, 0.2) is 42.5 Å². The summed E-state index contributed by atoms with van der Waals surface area (Å²) in [5.41, 5.74) is 1.38. The first kappa shape index (κ1) is 51.2. The van der Waals surface area contributed by atoms with E-state index in [1.807, 2.05) is 50.8 Å². The van der Waals surface area contributed by atoms with Gasteiger partial charge in [0, 0.05) is 40.8 Å². The summed E-state index contributed by atoms with van der Waals surface area (Å²) in [5, 5.41) is 15.6. The van der Waals surface area contributed by atoms with E-state index in [9.17, 15) is 29.1 Å². The molecular formula is C43H72N6O10. The minimum absolute atomic E-state index is 0.0461. The van der Waals surface area contributed by atoms with E-state index in [0.29, 0.717) is 51.1 Å². The maximum absolute atomic E-state index is 14.4.